The van der Waals surface area contributed by atoms with Crippen LogP contribution < -0.4 is 11.1 Å². The molecule has 0 fully saturated rings. The minimum Gasteiger partial charge on any atom is -0.389 e. The van der Waals surface area contributed by atoms with Gasteiger partial charge in [0.1, 0.15) is 11.3 Å². The summed E-state index contributed by atoms with van der Waals surface area (Å²) >= 11 is 8.25. The number of hydrogen-bond donors (Lipinski definition) is 2. The van der Waals surface area contributed by atoms with Gasteiger partial charge in [-0.2, -0.15) is 0 Å². The number of rotatable bonds is 3. The fraction of sp³-hybridized carbons (Fsp3) is 0. The minimum absolute atomic E-state index is 0.187. The van der Waals surface area contributed by atoms with E-state index < -0.39 is 0 Å². The highest BCUT2D eigenvalue weighted by molar-refractivity contribution is 9.10. The molecule has 7 heteroatoms. The predicted octanol–water partition coefficient (Wildman–Crippen LogP) is 2.32. The Morgan fingerprint density at radius 1 is 1.44 bits per heavy atom. The molecule has 0 aliphatic carbocycles. The van der Waals surface area contributed by atoms with Crippen LogP contribution in [0, 0.1) is 0 Å². The number of amides is 1. The van der Waals surface area contributed by atoms with Crippen LogP contribution in [0.15, 0.2) is 39.5 Å². The molecule has 0 bridgehead atoms. The predicted molar refractivity (Wildman–Crippen MR) is 74.5 cm³/mol. The SMILES string of the molecule is NC(=S)c1cc(Br)ccc1NC(=O)c1ccon1. The molecule has 0 unspecified atom stereocenters. The molecule has 0 saturated heterocycles. The van der Waals surface area contributed by atoms with Crippen molar-refractivity contribution in [2.24, 2.45) is 5.73 Å². The molecule has 0 radical (unpaired) electrons. The lowest BCUT2D eigenvalue weighted by molar-refractivity contribution is 0.101. The van der Waals surface area contributed by atoms with Crippen molar-refractivity contribution in [3.8, 4) is 0 Å². The number of anilines is 1. The van der Waals surface area contributed by atoms with Gasteiger partial charge in [0.05, 0.1) is 5.69 Å². The van der Waals surface area contributed by atoms with Gasteiger partial charge in [-0.25, -0.2) is 0 Å². The lowest BCUT2D eigenvalue weighted by Gasteiger charge is -2.09. The summed E-state index contributed by atoms with van der Waals surface area (Å²) in [6.07, 6.45) is 1.32. The van der Waals surface area contributed by atoms with Crippen molar-refractivity contribution in [3.05, 3.63) is 46.3 Å². The fourth-order valence-corrected chi connectivity index (χ4v) is 1.88. The van der Waals surface area contributed by atoms with E-state index in [2.05, 4.69) is 30.9 Å². The molecular weight excluding hydrogens is 318 g/mol. The largest absolute Gasteiger partial charge is 0.389 e. The fourth-order valence-electron chi connectivity index (χ4n) is 1.35. The van der Waals surface area contributed by atoms with Crippen LogP contribution in [-0.2, 0) is 0 Å². The van der Waals surface area contributed by atoms with E-state index in [0.717, 1.165) is 4.47 Å². The summed E-state index contributed by atoms with van der Waals surface area (Å²) in [6.45, 7) is 0. The Hall–Kier alpha value is -1.73. The van der Waals surface area contributed by atoms with Crippen LogP contribution in [0.2, 0.25) is 0 Å². The minimum atomic E-state index is -0.386. The zero-order valence-electron chi connectivity index (χ0n) is 9.01. The Balaban J connectivity index is 2.29. The average Bonchev–Trinajstić information content (AvgIpc) is 2.84. The molecule has 2 aromatic rings. The second-order valence-electron chi connectivity index (χ2n) is 3.39. The first-order valence-corrected chi connectivity index (χ1v) is 6.09. The molecule has 2 rings (SSSR count). The van der Waals surface area contributed by atoms with E-state index in [-0.39, 0.29) is 16.6 Å². The van der Waals surface area contributed by atoms with Crippen molar-refractivity contribution in [2.75, 3.05) is 5.32 Å². The number of thiocarbonyl (C=S) groups is 1. The molecule has 18 heavy (non-hydrogen) atoms. The van der Waals surface area contributed by atoms with E-state index >= 15 is 0 Å². The Labute approximate surface area is 116 Å². The zero-order chi connectivity index (χ0) is 13.1. The third kappa shape index (κ3) is 2.74. The van der Waals surface area contributed by atoms with Gasteiger partial charge in [-0.05, 0) is 18.2 Å². The highest BCUT2D eigenvalue weighted by Crippen LogP contribution is 2.21. The van der Waals surface area contributed by atoms with Crippen LogP contribution in [0.25, 0.3) is 0 Å². The molecular formula is C11H8BrN3O2S. The van der Waals surface area contributed by atoms with E-state index in [4.69, 9.17) is 18.0 Å². The number of nitrogens with two attached hydrogens (primary N) is 1. The molecule has 0 atom stereocenters. The third-order valence-corrected chi connectivity index (χ3v) is 2.88. The van der Waals surface area contributed by atoms with E-state index in [1.807, 2.05) is 0 Å². The number of benzene rings is 1. The van der Waals surface area contributed by atoms with Gasteiger partial charge in [-0.1, -0.05) is 33.3 Å². The van der Waals surface area contributed by atoms with Crippen LogP contribution in [-0.4, -0.2) is 16.1 Å². The first-order valence-electron chi connectivity index (χ1n) is 4.89. The second-order valence-corrected chi connectivity index (χ2v) is 4.75. The smallest absolute Gasteiger partial charge is 0.277 e. The van der Waals surface area contributed by atoms with Gasteiger partial charge in [0.15, 0.2) is 5.69 Å². The number of aromatic nitrogens is 1. The standard InChI is InChI=1S/C11H8BrN3O2S/c12-6-1-2-8(7(5-6)10(13)18)14-11(16)9-3-4-17-15-9/h1-5H,(H2,13,18)(H,14,16). The quantitative estimate of drug-likeness (QED) is 0.846. The van der Waals surface area contributed by atoms with Crippen LogP contribution in [0.1, 0.15) is 16.1 Å². The highest BCUT2D eigenvalue weighted by atomic mass is 79.9. The number of halogens is 1. The first kappa shape index (κ1) is 12.7. The maximum atomic E-state index is 11.8. The summed E-state index contributed by atoms with van der Waals surface area (Å²) in [4.78, 5) is 12.0. The Morgan fingerprint density at radius 3 is 2.83 bits per heavy atom. The van der Waals surface area contributed by atoms with E-state index in [9.17, 15) is 4.79 Å². The van der Waals surface area contributed by atoms with E-state index in [0.29, 0.717) is 11.3 Å². The lowest BCUT2D eigenvalue weighted by atomic mass is 10.1. The van der Waals surface area contributed by atoms with Crippen molar-refractivity contribution >= 4 is 44.7 Å². The first-order chi connectivity index (χ1) is 8.58. The molecule has 0 spiro atoms. The number of nitrogens with one attached hydrogen (secondary N) is 1. The normalized spacial score (nSPS) is 10.1. The maximum absolute atomic E-state index is 11.8. The monoisotopic (exact) mass is 325 g/mol. The highest BCUT2D eigenvalue weighted by Gasteiger charge is 2.13. The molecule has 0 aliphatic heterocycles. The van der Waals surface area contributed by atoms with Crippen molar-refractivity contribution in [1.29, 1.82) is 0 Å². The lowest BCUT2D eigenvalue weighted by Crippen LogP contribution is -2.17. The number of hydrogen-bond acceptors (Lipinski definition) is 4. The van der Waals surface area contributed by atoms with E-state index in [1.165, 1.54) is 12.3 Å². The molecule has 3 N–H and O–H groups in total. The average molecular weight is 326 g/mol. The Morgan fingerprint density at radius 2 is 2.22 bits per heavy atom. The summed E-state index contributed by atoms with van der Waals surface area (Å²) in [5.74, 6) is -0.386. The molecule has 5 nitrogen and oxygen atoms in total. The van der Waals surface area contributed by atoms with Gasteiger partial charge in [0.2, 0.25) is 0 Å². The van der Waals surface area contributed by atoms with Crippen LogP contribution in [0.4, 0.5) is 5.69 Å². The molecule has 1 amide bonds. The van der Waals surface area contributed by atoms with E-state index in [1.54, 1.807) is 18.2 Å². The Kier molecular flexibility index (Phi) is 3.73. The molecule has 0 aliphatic rings. The van der Waals surface area contributed by atoms with Gasteiger partial charge in [0.25, 0.3) is 5.91 Å². The molecule has 92 valence electrons. The third-order valence-electron chi connectivity index (χ3n) is 2.17. The molecule has 1 aromatic carbocycles. The zero-order valence-corrected chi connectivity index (χ0v) is 11.4. The second kappa shape index (κ2) is 5.28. The van der Waals surface area contributed by atoms with Crippen LogP contribution in [0.5, 0.6) is 0 Å². The topological polar surface area (TPSA) is 81.1 Å². The number of nitrogens with zero attached hydrogens (tertiary/aromatic N) is 1. The Bertz CT molecular complexity index is 598. The summed E-state index contributed by atoms with van der Waals surface area (Å²) in [5.41, 5.74) is 6.90. The van der Waals surface area contributed by atoms with Gasteiger partial charge in [-0.15, -0.1) is 0 Å². The molecule has 1 heterocycles. The van der Waals surface area contributed by atoms with Gasteiger partial charge in [0, 0.05) is 16.1 Å². The summed E-state index contributed by atoms with van der Waals surface area (Å²) in [6, 6.07) is 6.69. The van der Waals surface area contributed by atoms with Gasteiger partial charge in [-0.3, -0.25) is 4.79 Å². The molecule has 1 aromatic heterocycles. The van der Waals surface area contributed by atoms with Gasteiger partial charge < -0.3 is 15.6 Å². The molecule has 0 saturated carbocycles. The van der Waals surface area contributed by atoms with Gasteiger partial charge >= 0.3 is 0 Å². The van der Waals surface area contributed by atoms with Crippen LogP contribution >= 0.6 is 28.1 Å². The summed E-state index contributed by atoms with van der Waals surface area (Å²) < 4.78 is 5.43. The maximum Gasteiger partial charge on any atom is 0.277 e. The van der Waals surface area contributed by atoms with Crippen molar-refractivity contribution in [3.63, 3.8) is 0 Å². The van der Waals surface area contributed by atoms with Crippen molar-refractivity contribution in [1.82, 2.24) is 5.16 Å². The number of carbonyl (C=O) groups excluding carboxylic acids is 1. The van der Waals surface area contributed by atoms with Crippen LogP contribution in [0.3, 0.4) is 0 Å². The number of carbonyl (C=O) groups is 1. The van der Waals surface area contributed by atoms with Crippen molar-refractivity contribution < 1.29 is 9.32 Å². The summed E-state index contributed by atoms with van der Waals surface area (Å²) in [7, 11) is 0. The summed E-state index contributed by atoms with van der Waals surface area (Å²) in [5, 5.41) is 6.22. The van der Waals surface area contributed by atoms with Crippen molar-refractivity contribution in [2.45, 2.75) is 0 Å².